The van der Waals surface area contributed by atoms with E-state index in [1.807, 2.05) is 0 Å². The summed E-state index contributed by atoms with van der Waals surface area (Å²) in [6.45, 7) is 8.59. The SMILES string of the molecule is CC/C(C)=C/c1ccc(C=C(C)C)cc1. The van der Waals surface area contributed by atoms with E-state index in [-0.39, 0.29) is 0 Å². The van der Waals surface area contributed by atoms with Crippen molar-refractivity contribution in [3.05, 3.63) is 46.5 Å². The van der Waals surface area contributed by atoms with E-state index in [4.69, 9.17) is 0 Å². The van der Waals surface area contributed by atoms with Gasteiger partial charge in [-0.25, -0.2) is 0 Å². The zero-order chi connectivity index (χ0) is 11.3. The molecule has 1 aromatic carbocycles. The molecule has 0 N–H and O–H groups in total. The maximum absolute atomic E-state index is 2.24. The summed E-state index contributed by atoms with van der Waals surface area (Å²) in [6, 6.07) is 8.69. The van der Waals surface area contributed by atoms with Crippen LogP contribution in [0.4, 0.5) is 0 Å². The Morgan fingerprint density at radius 1 is 0.933 bits per heavy atom. The normalized spacial score (nSPS) is 11.3. The Morgan fingerprint density at radius 3 is 1.80 bits per heavy atom. The second kappa shape index (κ2) is 5.55. The maximum Gasteiger partial charge on any atom is -0.0257 e. The van der Waals surface area contributed by atoms with Crippen molar-refractivity contribution < 1.29 is 0 Å². The van der Waals surface area contributed by atoms with Crippen LogP contribution in [-0.4, -0.2) is 0 Å². The molecule has 0 aliphatic rings. The monoisotopic (exact) mass is 200 g/mol. The highest BCUT2D eigenvalue weighted by atomic mass is 14.0. The Kier molecular flexibility index (Phi) is 4.36. The fourth-order valence-electron chi connectivity index (χ4n) is 1.41. The number of hydrogen-bond donors (Lipinski definition) is 0. The van der Waals surface area contributed by atoms with E-state index < -0.39 is 0 Å². The number of allylic oxidation sites excluding steroid dienone is 2. The fraction of sp³-hybridized carbons (Fsp3) is 0.333. The van der Waals surface area contributed by atoms with E-state index in [0.717, 1.165) is 6.42 Å². The third-order valence-electron chi connectivity index (χ3n) is 2.36. The first-order valence-corrected chi connectivity index (χ1v) is 5.54. The molecule has 0 heterocycles. The molecule has 0 nitrogen and oxygen atoms in total. The number of hydrogen-bond acceptors (Lipinski definition) is 0. The highest BCUT2D eigenvalue weighted by molar-refractivity contribution is 5.58. The molecule has 1 aromatic rings. The number of rotatable bonds is 3. The van der Waals surface area contributed by atoms with Gasteiger partial charge in [0.15, 0.2) is 0 Å². The predicted octanol–water partition coefficient (Wildman–Crippen LogP) is 4.92. The van der Waals surface area contributed by atoms with Gasteiger partial charge in [-0.05, 0) is 38.3 Å². The first-order chi connectivity index (χ1) is 7.11. The molecule has 0 aromatic heterocycles. The average molecular weight is 200 g/mol. The van der Waals surface area contributed by atoms with Crippen molar-refractivity contribution in [1.29, 1.82) is 0 Å². The summed E-state index contributed by atoms with van der Waals surface area (Å²) in [7, 11) is 0. The van der Waals surface area contributed by atoms with Gasteiger partial charge < -0.3 is 0 Å². The molecule has 0 saturated heterocycles. The van der Waals surface area contributed by atoms with E-state index >= 15 is 0 Å². The lowest BCUT2D eigenvalue weighted by Gasteiger charge is -1.99. The molecule has 0 fully saturated rings. The van der Waals surface area contributed by atoms with Crippen molar-refractivity contribution in [3.8, 4) is 0 Å². The maximum atomic E-state index is 2.24. The van der Waals surface area contributed by atoms with Gasteiger partial charge in [0, 0.05) is 0 Å². The third kappa shape index (κ3) is 4.16. The lowest BCUT2D eigenvalue weighted by atomic mass is 10.1. The highest BCUT2D eigenvalue weighted by Gasteiger charge is 1.91. The van der Waals surface area contributed by atoms with Crippen LogP contribution >= 0.6 is 0 Å². The quantitative estimate of drug-likeness (QED) is 0.649. The molecule has 1 rings (SSSR count). The van der Waals surface area contributed by atoms with Crippen molar-refractivity contribution in [1.82, 2.24) is 0 Å². The fourth-order valence-corrected chi connectivity index (χ4v) is 1.41. The Bertz CT molecular complexity index is 360. The van der Waals surface area contributed by atoms with Crippen LogP contribution in [0.3, 0.4) is 0 Å². The first kappa shape index (κ1) is 11.8. The van der Waals surface area contributed by atoms with E-state index in [0.29, 0.717) is 0 Å². The standard InChI is InChI=1S/C15H20/c1-5-13(4)11-15-8-6-14(7-9-15)10-12(2)3/h6-11H,5H2,1-4H3/b13-11+. The van der Waals surface area contributed by atoms with Crippen LogP contribution in [0.1, 0.15) is 45.2 Å². The second-order valence-corrected chi connectivity index (χ2v) is 4.23. The molecule has 0 aliphatic carbocycles. The van der Waals surface area contributed by atoms with E-state index in [9.17, 15) is 0 Å². The minimum Gasteiger partial charge on any atom is -0.0758 e. The van der Waals surface area contributed by atoms with Crippen molar-refractivity contribution in [3.63, 3.8) is 0 Å². The highest BCUT2D eigenvalue weighted by Crippen LogP contribution is 2.12. The van der Waals surface area contributed by atoms with Gasteiger partial charge in [-0.2, -0.15) is 0 Å². The van der Waals surface area contributed by atoms with Gasteiger partial charge in [0.2, 0.25) is 0 Å². The number of benzene rings is 1. The van der Waals surface area contributed by atoms with Crippen LogP contribution in [0.15, 0.2) is 35.4 Å². The van der Waals surface area contributed by atoms with E-state index in [2.05, 4.69) is 64.1 Å². The largest absolute Gasteiger partial charge is 0.0758 e. The van der Waals surface area contributed by atoms with Crippen molar-refractivity contribution in [2.24, 2.45) is 0 Å². The summed E-state index contributed by atoms with van der Waals surface area (Å²) in [5.41, 5.74) is 5.33. The zero-order valence-corrected chi connectivity index (χ0v) is 10.2. The molecule has 0 spiro atoms. The third-order valence-corrected chi connectivity index (χ3v) is 2.36. The van der Waals surface area contributed by atoms with Gasteiger partial charge in [-0.1, -0.05) is 54.5 Å². The summed E-state index contributed by atoms with van der Waals surface area (Å²) in [6.07, 6.45) is 5.56. The lowest BCUT2D eigenvalue weighted by molar-refractivity contribution is 1.11. The van der Waals surface area contributed by atoms with Crippen molar-refractivity contribution in [2.75, 3.05) is 0 Å². The van der Waals surface area contributed by atoms with Crippen LogP contribution in [0.2, 0.25) is 0 Å². The molecule has 0 saturated carbocycles. The second-order valence-electron chi connectivity index (χ2n) is 4.23. The molecular formula is C15H20. The van der Waals surface area contributed by atoms with Crippen molar-refractivity contribution >= 4 is 12.2 Å². The molecule has 0 atom stereocenters. The molecule has 0 heteroatoms. The first-order valence-electron chi connectivity index (χ1n) is 5.54. The molecule has 0 radical (unpaired) electrons. The van der Waals surface area contributed by atoms with Crippen molar-refractivity contribution in [2.45, 2.75) is 34.1 Å². The summed E-state index contributed by atoms with van der Waals surface area (Å²) in [5.74, 6) is 0. The van der Waals surface area contributed by atoms with E-state index in [1.54, 1.807) is 0 Å². The molecule has 0 bridgehead atoms. The van der Waals surface area contributed by atoms with Crippen LogP contribution in [0.5, 0.6) is 0 Å². The van der Waals surface area contributed by atoms with Crippen LogP contribution in [-0.2, 0) is 0 Å². The topological polar surface area (TPSA) is 0 Å². The Hall–Kier alpha value is -1.30. The molecule has 0 unspecified atom stereocenters. The Balaban J connectivity index is 2.86. The smallest absolute Gasteiger partial charge is 0.0257 e. The average Bonchev–Trinajstić information content (AvgIpc) is 2.20. The molecular weight excluding hydrogens is 180 g/mol. The van der Waals surface area contributed by atoms with Gasteiger partial charge in [0.05, 0.1) is 0 Å². The Morgan fingerprint density at radius 2 is 1.40 bits per heavy atom. The zero-order valence-electron chi connectivity index (χ0n) is 10.2. The molecule has 0 amide bonds. The van der Waals surface area contributed by atoms with Crippen LogP contribution in [0, 0.1) is 0 Å². The van der Waals surface area contributed by atoms with Gasteiger partial charge in [0.1, 0.15) is 0 Å². The molecule has 0 aliphatic heterocycles. The minimum atomic E-state index is 1.12. The minimum absolute atomic E-state index is 1.12. The lowest BCUT2D eigenvalue weighted by Crippen LogP contribution is -1.77. The van der Waals surface area contributed by atoms with Gasteiger partial charge in [-0.15, -0.1) is 0 Å². The Labute approximate surface area is 93.3 Å². The molecule has 80 valence electrons. The van der Waals surface area contributed by atoms with Crippen LogP contribution in [0.25, 0.3) is 12.2 Å². The summed E-state index contributed by atoms with van der Waals surface area (Å²) in [4.78, 5) is 0. The van der Waals surface area contributed by atoms with Gasteiger partial charge in [-0.3, -0.25) is 0 Å². The van der Waals surface area contributed by atoms with Gasteiger partial charge >= 0.3 is 0 Å². The predicted molar refractivity (Wildman–Crippen MR) is 69.7 cm³/mol. The summed E-state index contributed by atoms with van der Waals surface area (Å²) >= 11 is 0. The van der Waals surface area contributed by atoms with Gasteiger partial charge in [0.25, 0.3) is 0 Å². The summed E-state index contributed by atoms with van der Waals surface area (Å²) < 4.78 is 0. The van der Waals surface area contributed by atoms with Crippen LogP contribution < -0.4 is 0 Å². The van der Waals surface area contributed by atoms with E-state index in [1.165, 1.54) is 22.3 Å². The molecule has 15 heavy (non-hydrogen) atoms. The summed E-state index contributed by atoms with van der Waals surface area (Å²) in [5, 5.41) is 0.